The first kappa shape index (κ1) is 17.4. The first-order chi connectivity index (χ1) is 10.6. The van der Waals surface area contributed by atoms with Crippen LogP contribution in [0, 0.1) is 5.92 Å². The Morgan fingerprint density at radius 1 is 1.45 bits per heavy atom. The Kier molecular flexibility index (Phi) is 6.37. The highest BCUT2D eigenvalue weighted by Gasteiger charge is 2.25. The van der Waals surface area contributed by atoms with Gasteiger partial charge in [0.05, 0.1) is 12.8 Å². The molecule has 0 aliphatic carbocycles. The number of aromatic nitrogens is 2. The van der Waals surface area contributed by atoms with E-state index in [0.717, 1.165) is 32.5 Å². The molecule has 0 aromatic carbocycles. The molecule has 1 unspecified atom stereocenters. The Hall–Kier alpha value is -0.960. The molecule has 1 aromatic rings. The van der Waals surface area contributed by atoms with Crippen molar-refractivity contribution in [2.75, 3.05) is 39.9 Å². The fraction of sp³-hybridized carbons (Fsp3) is 0.786. The van der Waals surface area contributed by atoms with Gasteiger partial charge in [-0.3, -0.25) is 4.68 Å². The van der Waals surface area contributed by atoms with Gasteiger partial charge in [0.2, 0.25) is 0 Å². The third kappa shape index (κ3) is 4.52. The van der Waals surface area contributed by atoms with Gasteiger partial charge in [0.15, 0.2) is 5.03 Å². The van der Waals surface area contributed by atoms with E-state index in [1.165, 1.54) is 6.20 Å². The predicted molar refractivity (Wildman–Crippen MR) is 84.1 cm³/mol. The summed E-state index contributed by atoms with van der Waals surface area (Å²) in [6, 6.07) is 1.55. The molecule has 22 heavy (non-hydrogen) atoms. The standard InChI is InChI=1S/C14H26N4O3S/c1-3-7-18-14(4-6-15-18)22(19,20)16-11-13-5-8-17(12-13)9-10-21-2/h4,6,13,16H,3,5,7-12H2,1-2H3. The summed E-state index contributed by atoms with van der Waals surface area (Å²) in [7, 11) is -1.79. The minimum Gasteiger partial charge on any atom is -0.383 e. The molecule has 1 aromatic heterocycles. The monoisotopic (exact) mass is 330 g/mol. The van der Waals surface area contributed by atoms with Crippen molar-refractivity contribution in [1.29, 1.82) is 0 Å². The third-order valence-corrected chi connectivity index (χ3v) is 5.38. The van der Waals surface area contributed by atoms with E-state index in [1.807, 2.05) is 6.92 Å². The summed E-state index contributed by atoms with van der Waals surface area (Å²) < 4.78 is 34.1. The normalized spacial score (nSPS) is 19.8. The lowest BCUT2D eigenvalue weighted by Gasteiger charge is -2.16. The zero-order chi connectivity index (χ0) is 16.0. The Morgan fingerprint density at radius 2 is 2.27 bits per heavy atom. The lowest BCUT2D eigenvalue weighted by molar-refractivity contribution is 0.159. The van der Waals surface area contributed by atoms with E-state index in [9.17, 15) is 8.42 Å². The van der Waals surface area contributed by atoms with Gasteiger partial charge in [-0.1, -0.05) is 6.92 Å². The molecule has 0 amide bonds. The zero-order valence-electron chi connectivity index (χ0n) is 13.4. The van der Waals surface area contributed by atoms with Gasteiger partial charge in [0, 0.05) is 33.3 Å². The minimum absolute atomic E-state index is 0.253. The largest absolute Gasteiger partial charge is 0.383 e. The van der Waals surface area contributed by atoms with Crippen molar-refractivity contribution >= 4 is 10.0 Å². The van der Waals surface area contributed by atoms with Crippen molar-refractivity contribution in [2.45, 2.75) is 31.3 Å². The van der Waals surface area contributed by atoms with Gasteiger partial charge >= 0.3 is 0 Å². The molecule has 1 aliphatic rings. The molecule has 0 bridgehead atoms. The van der Waals surface area contributed by atoms with E-state index in [0.29, 0.717) is 25.6 Å². The molecular formula is C14H26N4O3S. The summed E-state index contributed by atoms with van der Waals surface area (Å²) >= 11 is 0. The van der Waals surface area contributed by atoms with Crippen molar-refractivity contribution < 1.29 is 13.2 Å². The van der Waals surface area contributed by atoms with Crippen LogP contribution in [0.25, 0.3) is 0 Å². The number of rotatable bonds is 9. The molecule has 2 heterocycles. The van der Waals surface area contributed by atoms with Crippen molar-refractivity contribution in [1.82, 2.24) is 19.4 Å². The average Bonchev–Trinajstić information content (AvgIpc) is 3.13. The summed E-state index contributed by atoms with van der Waals surface area (Å²) in [5.74, 6) is 0.356. The third-order valence-electron chi connectivity index (χ3n) is 3.93. The molecule has 1 N–H and O–H groups in total. The highest BCUT2D eigenvalue weighted by Crippen LogP contribution is 2.16. The van der Waals surface area contributed by atoms with Crippen molar-refractivity contribution in [3.05, 3.63) is 12.3 Å². The second-order valence-electron chi connectivity index (χ2n) is 5.69. The highest BCUT2D eigenvalue weighted by atomic mass is 32.2. The second kappa shape index (κ2) is 8.05. The summed E-state index contributed by atoms with van der Waals surface area (Å²) in [6.45, 7) is 6.63. The summed E-state index contributed by atoms with van der Waals surface area (Å²) in [6.07, 6.45) is 3.40. The average molecular weight is 330 g/mol. The summed E-state index contributed by atoms with van der Waals surface area (Å²) in [5.41, 5.74) is 0. The maximum absolute atomic E-state index is 12.4. The molecular weight excluding hydrogens is 304 g/mol. The van der Waals surface area contributed by atoms with Crippen LogP contribution in [0.2, 0.25) is 0 Å². The molecule has 0 spiro atoms. The predicted octanol–water partition coefficient (Wildman–Crippen LogP) is 0.540. The topological polar surface area (TPSA) is 76.5 Å². The highest BCUT2D eigenvalue weighted by molar-refractivity contribution is 7.89. The fourth-order valence-electron chi connectivity index (χ4n) is 2.73. The van der Waals surface area contributed by atoms with Crippen LogP contribution in [0.15, 0.2) is 17.3 Å². The number of nitrogens with one attached hydrogen (secondary N) is 1. The summed E-state index contributed by atoms with van der Waals surface area (Å²) in [5, 5.41) is 4.33. The van der Waals surface area contributed by atoms with Gasteiger partial charge in [0.1, 0.15) is 0 Å². The maximum Gasteiger partial charge on any atom is 0.257 e. The summed E-state index contributed by atoms with van der Waals surface area (Å²) in [4.78, 5) is 2.31. The van der Waals surface area contributed by atoms with E-state index in [1.54, 1.807) is 17.9 Å². The van der Waals surface area contributed by atoms with Gasteiger partial charge in [-0.25, -0.2) is 13.1 Å². The van der Waals surface area contributed by atoms with Crippen LogP contribution in [-0.4, -0.2) is 63.0 Å². The van der Waals surface area contributed by atoms with Crippen LogP contribution >= 0.6 is 0 Å². The number of methoxy groups -OCH3 is 1. The van der Waals surface area contributed by atoms with E-state index >= 15 is 0 Å². The fourth-order valence-corrected chi connectivity index (χ4v) is 3.99. The molecule has 8 heteroatoms. The number of ether oxygens (including phenoxy) is 1. The Bertz CT molecular complexity index is 558. The van der Waals surface area contributed by atoms with E-state index in [2.05, 4.69) is 14.7 Å². The number of sulfonamides is 1. The first-order valence-electron chi connectivity index (χ1n) is 7.79. The Balaban J connectivity index is 1.87. The molecule has 1 fully saturated rings. The number of hydrogen-bond donors (Lipinski definition) is 1. The van der Waals surface area contributed by atoms with Crippen molar-refractivity contribution in [3.63, 3.8) is 0 Å². The Labute approximate surface area is 132 Å². The molecule has 7 nitrogen and oxygen atoms in total. The first-order valence-corrected chi connectivity index (χ1v) is 9.28. The molecule has 1 saturated heterocycles. The van der Waals surface area contributed by atoms with Crippen LogP contribution in [0.3, 0.4) is 0 Å². The van der Waals surface area contributed by atoms with Crippen molar-refractivity contribution in [3.8, 4) is 0 Å². The van der Waals surface area contributed by atoms with Gasteiger partial charge in [-0.05, 0) is 31.4 Å². The second-order valence-corrected chi connectivity index (χ2v) is 7.41. The van der Waals surface area contributed by atoms with E-state index < -0.39 is 10.0 Å². The molecule has 0 saturated carbocycles. The molecule has 0 radical (unpaired) electrons. The van der Waals surface area contributed by atoms with Crippen LogP contribution in [-0.2, 0) is 21.3 Å². The number of nitrogens with zero attached hydrogens (tertiary/aromatic N) is 3. The molecule has 2 rings (SSSR count). The van der Waals surface area contributed by atoms with E-state index in [4.69, 9.17) is 4.74 Å². The van der Waals surface area contributed by atoms with Crippen LogP contribution in [0.5, 0.6) is 0 Å². The van der Waals surface area contributed by atoms with Crippen LogP contribution in [0.1, 0.15) is 19.8 Å². The smallest absolute Gasteiger partial charge is 0.257 e. The molecule has 126 valence electrons. The van der Waals surface area contributed by atoms with Gasteiger partial charge in [-0.2, -0.15) is 5.10 Å². The molecule has 1 aliphatic heterocycles. The van der Waals surface area contributed by atoms with Gasteiger partial charge in [-0.15, -0.1) is 0 Å². The Morgan fingerprint density at radius 3 is 3.00 bits per heavy atom. The number of likely N-dealkylation sites (tertiary alicyclic amines) is 1. The van der Waals surface area contributed by atoms with Crippen LogP contribution in [0.4, 0.5) is 0 Å². The molecule has 1 atom stereocenters. The lowest BCUT2D eigenvalue weighted by atomic mass is 10.1. The lowest BCUT2D eigenvalue weighted by Crippen LogP contribution is -2.33. The zero-order valence-corrected chi connectivity index (χ0v) is 14.2. The SMILES string of the molecule is CCCn1nccc1S(=O)(=O)NCC1CCN(CCOC)C1. The number of aryl methyl sites for hydroxylation is 1. The van der Waals surface area contributed by atoms with E-state index in [-0.39, 0.29) is 5.03 Å². The maximum atomic E-state index is 12.4. The minimum atomic E-state index is -3.48. The van der Waals surface area contributed by atoms with Crippen LogP contribution < -0.4 is 4.72 Å². The number of hydrogen-bond acceptors (Lipinski definition) is 5. The van der Waals surface area contributed by atoms with Crippen molar-refractivity contribution in [2.24, 2.45) is 5.92 Å². The quantitative estimate of drug-likeness (QED) is 0.715. The van der Waals surface area contributed by atoms with Gasteiger partial charge < -0.3 is 9.64 Å². The van der Waals surface area contributed by atoms with Gasteiger partial charge in [0.25, 0.3) is 10.0 Å².